The molecule has 0 aliphatic carbocycles. The first-order valence-electron chi connectivity index (χ1n) is 4.93. The third kappa shape index (κ3) is 6.03. The van der Waals surface area contributed by atoms with E-state index in [1.165, 1.54) is 7.11 Å². The summed E-state index contributed by atoms with van der Waals surface area (Å²) in [4.78, 5) is 11.3. The second kappa shape index (κ2) is 7.98. The molecule has 3 N–H and O–H groups in total. The Morgan fingerprint density at radius 1 is 1.33 bits per heavy atom. The highest BCUT2D eigenvalue weighted by molar-refractivity contribution is 4.78. The van der Waals surface area contributed by atoms with E-state index in [0.29, 0.717) is 13.0 Å². The molecule has 0 rings (SSSR count). The Morgan fingerprint density at radius 3 is 2.33 bits per heavy atom. The zero-order chi connectivity index (χ0) is 11.8. The van der Waals surface area contributed by atoms with Crippen molar-refractivity contribution in [2.24, 2.45) is 0 Å². The van der Waals surface area contributed by atoms with Crippen molar-refractivity contribution in [2.45, 2.75) is 31.6 Å². The third-order valence-corrected chi connectivity index (χ3v) is 2.21. The zero-order valence-corrected chi connectivity index (χ0v) is 9.80. The molecule has 0 saturated carbocycles. The van der Waals surface area contributed by atoms with Gasteiger partial charge in [-0.15, -0.1) is 0 Å². The molecular weight excluding hydrogens is 200 g/mol. The van der Waals surface area contributed by atoms with E-state index in [4.69, 9.17) is 4.84 Å². The van der Waals surface area contributed by atoms with Gasteiger partial charge >= 0.3 is 0 Å². The normalized spacial score (nSPS) is 17.8. The maximum Gasteiger partial charge on any atom is 0.0951 e. The summed E-state index contributed by atoms with van der Waals surface area (Å²) >= 11 is 0. The maximum absolute atomic E-state index is 9.71. The largest absolute Gasteiger partial charge is 0.391 e. The van der Waals surface area contributed by atoms with Gasteiger partial charge in [-0.25, -0.2) is 0 Å². The molecule has 0 heterocycles. The minimum atomic E-state index is -0.786. The van der Waals surface area contributed by atoms with Crippen LogP contribution in [0.5, 0.6) is 0 Å². The molecule has 0 spiro atoms. The number of nitrogens with zero attached hydrogens (tertiary/aromatic N) is 1. The SMILES string of the molecule is CONOCCC(C(O)C(C)O)N(C)C. The van der Waals surface area contributed by atoms with Crippen molar-refractivity contribution in [1.29, 1.82) is 0 Å². The fourth-order valence-corrected chi connectivity index (χ4v) is 1.34. The molecule has 0 aliphatic rings. The molecule has 0 radical (unpaired) electrons. The van der Waals surface area contributed by atoms with E-state index in [-0.39, 0.29) is 6.04 Å². The Bertz CT molecular complexity index is 155. The van der Waals surface area contributed by atoms with Gasteiger partial charge in [-0.1, -0.05) is 5.64 Å². The van der Waals surface area contributed by atoms with Crippen LogP contribution < -0.4 is 5.64 Å². The molecule has 0 fully saturated rings. The van der Waals surface area contributed by atoms with Crippen molar-refractivity contribution < 1.29 is 19.9 Å². The topological polar surface area (TPSA) is 74.2 Å². The first kappa shape index (κ1) is 14.8. The van der Waals surface area contributed by atoms with Crippen LogP contribution in [0.3, 0.4) is 0 Å². The summed E-state index contributed by atoms with van der Waals surface area (Å²) in [5, 5.41) is 19.0. The quantitative estimate of drug-likeness (QED) is 0.366. The number of nitrogens with one attached hydrogen (secondary N) is 1. The lowest BCUT2D eigenvalue weighted by molar-refractivity contribution is -0.156. The lowest BCUT2D eigenvalue weighted by atomic mass is 10.0. The van der Waals surface area contributed by atoms with Gasteiger partial charge in [0.15, 0.2) is 0 Å². The third-order valence-electron chi connectivity index (χ3n) is 2.21. The number of rotatable bonds is 8. The average Bonchev–Trinajstić information content (AvgIpc) is 2.16. The van der Waals surface area contributed by atoms with Gasteiger partial charge in [-0.2, -0.15) is 0 Å². The molecule has 6 nitrogen and oxygen atoms in total. The van der Waals surface area contributed by atoms with Gasteiger partial charge in [0.05, 0.1) is 25.9 Å². The summed E-state index contributed by atoms with van der Waals surface area (Å²) in [7, 11) is 5.15. The van der Waals surface area contributed by atoms with E-state index >= 15 is 0 Å². The van der Waals surface area contributed by atoms with Crippen molar-refractivity contribution in [3.63, 3.8) is 0 Å². The Morgan fingerprint density at radius 2 is 1.93 bits per heavy atom. The van der Waals surface area contributed by atoms with E-state index in [1.807, 2.05) is 19.0 Å². The molecule has 0 bridgehead atoms. The Balaban J connectivity index is 3.94. The number of aliphatic hydroxyl groups excluding tert-OH is 2. The molecule has 0 amide bonds. The van der Waals surface area contributed by atoms with Gasteiger partial charge in [0.25, 0.3) is 0 Å². The first-order chi connectivity index (χ1) is 7.00. The van der Waals surface area contributed by atoms with E-state index in [2.05, 4.69) is 10.5 Å². The van der Waals surface area contributed by atoms with E-state index in [0.717, 1.165) is 0 Å². The van der Waals surface area contributed by atoms with E-state index in [1.54, 1.807) is 6.92 Å². The number of hydrogen-bond acceptors (Lipinski definition) is 6. The highest BCUT2D eigenvalue weighted by Gasteiger charge is 2.24. The summed E-state index contributed by atoms with van der Waals surface area (Å²) < 4.78 is 0. The molecule has 0 aliphatic heterocycles. The Kier molecular flexibility index (Phi) is 7.85. The molecule has 0 aromatic heterocycles. The van der Waals surface area contributed by atoms with Gasteiger partial charge in [-0.05, 0) is 27.4 Å². The maximum atomic E-state index is 9.71. The van der Waals surface area contributed by atoms with Crippen molar-refractivity contribution >= 4 is 0 Å². The van der Waals surface area contributed by atoms with Crippen LogP contribution >= 0.6 is 0 Å². The van der Waals surface area contributed by atoms with Crippen molar-refractivity contribution in [2.75, 3.05) is 27.8 Å². The van der Waals surface area contributed by atoms with Crippen LogP contribution in [0, 0.1) is 0 Å². The van der Waals surface area contributed by atoms with Crippen LogP contribution in [0.1, 0.15) is 13.3 Å². The van der Waals surface area contributed by atoms with Gasteiger partial charge < -0.3 is 15.1 Å². The van der Waals surface area contributed by atoms with Gasteiger partial charge in [0.2, 0.25) is 0 Å². The van der Waals surface area contributed by atoms with E-state index < -0.39 is 12.2 Å². The molecule has 0 saturated heterocycles. The van der Waals surface area contributed by atoms with Crippen molar-refractivity contribution in [3.05, 3.63) is 0 Å². The molecule has 0 aromatic rings. The standard InChI is InChI=1S/C9H22N2O4/c1-7(12)9(13)8(11(2)3)5-6-15-10-14-4/h7-10,12-13H,5-6H2,1-4H3. The van der Waals surface area contributed by atoms with Gasteiger partial charge in [0.1, 0.15) is 0 Å². The first-order valence-corrected chi connectivity index (χ1v) is 4.93. The molecule has 0 aromatic carbocycles. The molecule has 92 valence electrons. The minimum absolute atomic E-state index is 0.149. The van der Waals surface area contributed by atoms with Crippen LogP contribution in [0.15, 0.2) is 0 Å². The molecular formula is C9H22N2O4. The monoisotopic (exact) mass is 222 g/mol. The average molecular weight is 222 g/mol. The summed E-state index contributed by atoms with van der Waals surface area (Å²) in [5.74, 6) is 0. The van der Waals surface area contributed by atoms with Crippen LogP contribution in [0.25, 0.3) is 0 Å². The highest BCUT2D eigenvalue weighted by atomic mass is 16.9. The fourth-order valence-electron chi connectivity index (χ4n) is 1.34. The van der Waals surface area contributed by atoms with Crippen LogP contribution in [-0.4, -0.2) is 61.2 Å². The molecule has 3 unspecified atom stereocenters. The second-order valence-electron chi connectivity index (χ2n) is 3.69. The van der Waals surface area contributed by atoms with Gasteiger partial charge in [-0.3, -0.25) is 9.68 Å². The number of hydrogen-bond donors (Lipinski definition) is 3. The summed E-state index contributed by atoms with van der Waals surface area (Å²) in [6.07, 6.45) is -0.950. The summed E-state index contributed by atoms with van der Waals surface area (Å²) in [6.45, 7) is 1.95. The van der Waals surface area contributed by atoms with Crippen LogP contribution in [0.4, 0.5) is 0 Å². The van der Waals surface area contributed by atoms with E-state index in [9.17, 15) is 10.2 Å². The minimum Gasteiger partial charge on any atom is -0.391 e. The Labute approximate surface area is 90.7 Å². The lowest BCUT2D eigenvalue weighted by Crippen LogP contribution is -2.45. The predicted octanol–water partition coefficient (Wildman–Crippen LogP) is -0.869. The highest BCUT2D eigenvalue weighted by Crippen LogP contribution is 2.09. The summed E-state index contributed by atoms with van der Waals surface area (Å²) in [6, 6.07) is -0.149. The second-order valence-corrected chi connectivity index (χ2v) is 3.69. The van der Waals surface area contributed by atoms with Crippen LogP contribution in [-0.2, 0) is 9.68 Å². The number of aliphatic hydroxyl groups is 2. The van der Waals surface area contributed by atoms with Gasteiger partial charge in [0, 0.05) is 6.04 Å². The van der Waals surface area contributed by atoms with Crippen molar-refractivity contribution in [3.8, 4) is 0 Å². The predicted molar refractivity (Wildman–Crippen MR) is 55.9 cm³/mol. The zero-order valence-electron chi connectivity index (χ0n) is 9.80. The Hall–Kier alpha value is -0.240. The summed E-state index contributed by atoms with van der Waals surface area (Å²) in [5.41, 5.74) is 2.25. The van der Waals surface area contributed by atoms with Crippen LogP contribution in [0.2, 0.25) is 0 Å². The molecule has 3 atom stereocenters. The smallest absolute Gasteiger partial charge is 0.0951 e. The number of likely N-dealkylation sites (N-methyl/N-ethyl adjacent to an activating group) is 1. The fraction of sp³-hybridized carbons (Fsp3) is 1.00. The lowest BCUT2D eigenvalue weighted by Gasteiger charge is -2.30. The molecule has 15 heavy (non-hydrogen) atoms. The van der Waals surface area contributed by atoms with Crippen molar-refractivity contribution in [1.82, 2.24) is 10.5 Å². The molecule has 6 heteroatoms.